The minimum atomic E-state index is -0.874. The summed E-state index contributed by atoms with van der Waals surface area (Å²) in [5.74, 6) is 0. The molecule has 1 unspecified atom stereocenters. The number of halogens is 1. The third-order valence-corrected chi connectivity index (χ3v) is 2.05. The number of rotatable bonds is 3. The number of aliphatic hydroxyl groups excluding tert-OH is 1. The Kier molecular flexibility index (Phi) is 3.57. The summed E-state index contributed by atoms with van der Waals surface area (Å²) in [5.41, 5.74) is 1.18. The first-order valence-electron chi connectivity index (χ1n) is 4.15. The van der Waals surface area contributed by atoms with E-state index < -0.39 is 5.56 Å². The van der Waals surface area contributed by atoms with Gasteiger partial charge in [-0.25, -0.2) is 0 Å². The maximum absolute atomic E-state index is 9.01. The Bertz CT molecular complexity index is 228. The topological polar surface area (TPSA) is 20.2 Å². The second kappa shape index (κ2) is 4.48. The van der Waals surface area contributed by atoms with Gasteiger partial charge in [0.05, 0.1) is 0 Å². The fourth-order valence-electron chi connectivity index (χ4n) is 1.13. The zero-order valence-corrected chi connectivity index (χ0v) is 7.88. The molecule has 0 aromatic heterocycles. The highest BCUT2D eigenvalue weighted by atomic mass is 35.5. The van der Waals surface area contributed by atoms with Crippen molar-refractivity contribution in [2.45, 2.75) is 25.3 Å². The van der Waals surface area contributed by atoms with E-state index in [-0.39, 0.29) is 0 Å². The summed E-state index contributed by atoms with van der Waals surface area (Å²) in [6.07, 6.45) is 2.22. The van der Waals surface area contributed by atoms with Crippen molar-refractivity contribution in [2.75, 3.05) is 0 Å². The fourth-order valence-corrected chi connectivity index (χ4v) is 1.28. The van der Waals surface area contributed by atoms with Gasteiger partial charge in [-0.2, -0.15) is 0 Å². The molecule has 0 bridgehead atoms. The molecule has 0 radical (unpaired) electrons. The molecule has 0 aliphatic rings. The highest BCUT2D eigenvalue weighted by Crippen LogP contribution is 2.17. The second-order valence-corrected chi connectivity index (χ2v) is 3.24. The maximum Gasteiger partial charge on any atom is 0.153 e. The van der Waals surface area contributed by atoms with Crippen molar-refractivity contribution in [3.63, 3.8) is 0 Å². The van der Waals surface area contributed by atoms with Gasteiger partial charge in [-0.3, -0.25) is 0 Å². The minimum absolute atomic E-state index is 0.761. The van der Waals surface area contributed by atoms with E-state index in [1.165, 1.54) is 5.56 Å². The van der Waals surface area contributed by atoms with Crippen LogP contribution in [-0.2, 0) is 6.42 Å². The minimum Gasteiger partial charge on any atom is -0.373 e. The summed E-state index contributed by atoms with van der Waals surface area (Å²) >= 11 is 5.49. The Hall–Kier alpha value is -0.530. The molecule has 0 heterocycles. The van der Waals surface area contributed by atoms with Gasteiger partial charge < -0.3 is 5.11 Å². The molecular formula is C10H13ClO. The number of aryl methyl sites for hydroxylation is 1. The summed E-state index contributed by atoms with van der Waals surface area (Å²) in [4.78, 5) is 0. The van der Waals surface area contributed by atoms with Crippen LogP contribution in [0, 0.1) is 0 Å². The van der Waals surface area contributed by atoms with E-state index >= 15 is 0 Å². The third-order valence-electron chi connectivity index (χ3n) is 1.79. The van der Waals surface area contributed by atoms with Gasteiger partial charge in [0.1, 0.15) is 0 Å². The fraction of sp³-hybridized carbons (Fsp3) is 0.400. The average molecular weight is 185 g/mol. The quantitative estimate of drug-likeness (QED) is 0.717. The normalized spacial score (nSPS) is 12.9. The van der Waals surface area contributed by atoms with Crippen LogP contribution in [0.4, 0.5) is 0 Å². The summed E-state index contributed by atoms with van der Waals surface area (Å²) < 4.78 is 0. The Balaban J connectivity index is 2.71. The molecule has 1 N–H and O–H groups in total. The predicted octanol–water partition coefficient (Wildman–Crippen LogP) is 2.87. The number of hydrogen-bond acceptors (Lipinski definition) is 1. The first-order valence-corrected chi connectivity index (χ1v) is 4.58. The van der Waals surface area contributed by atoms with E-state index in [2.05, 4.69) is 6.92 Å². The number of alkyl halides is 1. The van der Waals surface area contributed by atoms with Crippen molar-refractivity contribution in [2.24, 2.45) is 0 Å². The molecular weight excluding hydrogens is 172 g/mol. The lowest BCUT2D eigenvalue weighted by Gasteiger charge is -2.03. The smallest absolute Gasteiger partial charge is 0.153 e. The van der Waals surface area contributed by atoms with E-state index in [0.29, 0.717) is 0 Å². The SMILES string of the molecule is CCCc1ccc(C(O)Cl)cc1. The maximum atomic E-state index is 9.01. The summed E-state index contributed by atoms with van der Waals surface area (Å²) in [5, 5.41) is 9.01. The van der Waals surface area contributed by atoms with Crippen LogP contribution in [0.15, 0.2) is 24.3 Å². The van der Waals surface area contributed by atoms with E-state index in [0.717, 1.165) is 18.4 Å². The standard InChI is InChI=1S/C10H13ClO/c1-2-3-8-4-6-9(7-5-8)10(11)12/h4-7,10,12H,2-3H2,1H3. The van der Waals surface area contributed by atoms with Crippen LogP contribution in [0.5, 0.6) is 0 Å². The van der Waals surface area contributed by atoms with Crippen LogP contribution in [0.25, 0.3) is 0 Å². The van der Waals surface area contributed by atoms with Crippen LogP contribution in [0.1, 0.15) is 30.0 Å². The second-order valence-electron chi connectivity index (χ2n) is 2.83. The van der Waals surface area contributed by atoms with Gasteiger partial charge in [-0.1, -0.05) is 49.2 Å². The van der Waals surface area contributed by atoms with Gasteiger partial charge in [-0.15, -0.1) is 0 Å². The van der Waals surface area contributed by atoms with Crippen molar-refractivity contribution in [3.8, 4) is 0 Å². The lowest BCUT2D eigenvalue weighted by Crippen LogP contribution is -1.89. The molecule has 0 spiro atoms. The van der Waals surface area contributed by atoms with E-state index in [1.54, 1.807) is 0 Å². The summed E-state index contributed by atoms with van der Waals surface area (Å²) in [6, 6.07) is 7.74. The van der Waals surface area contributed by atoms with Gasteiger partial charge in [0.25, 0.3) is 0 Å². The van der Waals surface area contributed by atoms with E-state index in [9.17, 15) is 0 Å². The van der Waals surface area contributed by atoms with Gasteiger partial charge in [0.15, 0.2) is 5.56 Å². The molecule has 12 heavy (non-hydrogen) atoms. The molecule has 1 nitrogen and oxygen atoms in total. The van der Waals surface area contributed by atoms with Gasteiger partial charge in [0, 0.05) is 0 Å². The van der Waals surface area contributed by atoms with Gasteiger partial charge in [-0.05, 0) is 17.5 Å². The van der Waals surface area contributed by atoms with Crippen molar-refractivity contribution in [3.05, 3.63) is 35.4 Å². The molecule has 0 amide bonds. The average Bonchev–Trinajstić information content (AvgIpc) is 2.06. The number of hydrogen-bond donors (Lipinski definition) is 1. The number of aliphatic hydroxyl groups is 1. The highest BCUT2D eigenvalue weighted by molar-refractivity contribution is 6.19. The Labute approximate surface area is 78.0 Å². The zero-order valence-electron chi connectivity index (χ0n) is 7.13. The largest absolute Gasteiger partial charge is 0.373 e. The molecule has 66 valence electrons. The molecule has 1 rings (SSSR count). The van der Waals surface area contributed by atoms with Crippen LogP contribution in [0.2, 0.25) is 0 Å². The molecule has 1 aromatic carbocycles. The Morgan fingerprint density at radius 1 is 1.33 bits per heavy atom. The molecule has 1 atom stereocenters. The zero-order chi connectivity index (χ0) is 8.97. The van der Waals surface area contributed by atoms with Crippen LogP contribution < -0.4 is 0 Å². The van der Waals surface area contributed by atoms with Crippen LogP contribution in [0.3, 0.4) is 0 Å². The van der Waals surface area contributed by atoms with Crippen molar-refractivity contribution < 1.29 is 5.11 Å². The van der Waals surface area contributed by atoms with E-state index in [4.69, 9.17) is 16.7 Å². The van der Waals surface area contributed by atoms with Crippen LogP contribution >= 0.6 is 11.6 Å². The monoisotopic (exact) mass is 184 g/mol. The van der Waals surface area contributed by atoms with E-state index in [1.807, 2.05) is 24.3 Å². The third kappa shape index (κ3) is 2.50. The lowest BCUT2D eigenvalue weighted by molar-refractivity contribution is 0.263. The van der Waals surface area contributed by atoms with Crippen molar-refractivity contribution in [1.29, 1.82) is 0 Å². The molecule has 2 heteroatoms. The van der Waals surface area contributed by atoms with Crippen molar-refractivity contribution in [1.82, 2.24) is 0 Å². The number of benzene rings is 1. The summed E-state index contributed by atoms with van der Waals surface area (Å²) in [7, 11) is 0. The molecule has 0 saturated heterocycles. The molecule has 0 aliphatic carbocycles. The van der Waals surface area contributed by atoms with Crippen LogP contribution in [-0.4, -0.2) is 5.11 Å². The molecule has 1 aromatic rings. The molecule has 0 saturated carbocycles. The highest BCUT2D eigenvalue weighted by Gasteiger charge is 2.00. The molecule has 0 aliphatic heterocycles. The Morgan fingerprint density at radius 2 is 1.92 bits per heavy atom. The Morgan fingerprint density at radius 3 is 2.33 bits per heavy atom. The summed E-state index contributed by atoms with van der Waals surface area (Å²) in [6.45, 7) is 2.14. The molecule has 0 fully saturated rings. The first kappa shape index (κ1) is 9.56. The lowest BCUT2D eigenvalue weighted by atomic mass is 10.1. The van der Waals surface area contributed by atoms with Crippen molar-refractivity contribution >= 4 is 11.6 Å². The first-order chi connectivity index (χ1) is 5.74. The predicted molar refractivity (Wildman–Crippen MR) is 51.2 cm³/mol. The van der Waals surface area contributed by atoms with Gasteiger partial charge in [0.2, 0.25) is 0 Å². The van der Waals surface area contributed by atoms with Gasteiger partial charge >= 0.3 is 0 Å².